The van der Waals surface area contributed by atoms with E-state index in [4.69, 9.17) is 0 Å². The van der Waals surface area contributed by atoms with Gasteiger partial charge in [-0.3, -0.25) is 0 Å². The van der Waals surface area contributed by atoms with E-state index in [-0.39, 0.29) is 0 Å². The Labute approximate surface area is 90.1 Å². The highest BCUT2D eigenvalue weighted by Crippen LogP contribution is 2.02. The van der Waals surface area contributed by atoms with E-state index in [1.807, 2.05) is 0 Å². The highest BCUT2D eigenvalue weighted by molar-refractivity contribution is 5.02. The Bertz CT molecular complexity index is 142. The van der Waals surface area contributed by atoms with Gasteiger partial charge in [0, 0.05) is 0 Å². The zero-order valence-electron chi connectivity index (χ0n) is 9.67. The quantitative estimate of drug-likeness (QED) is 0.354. The molecule has 0 atom stereocenters. The first kappa shape index (κ1) is 13.5. The molecular weight excluding hydrogens is 168 g/mol. The van der Waals surface area contributed by atoms with Crippen LogP contribution in [0, 0.1) is 6.92 Å². The van der Waals surface area contributed by atoms with E-state index in [0.29, 0.717) is 0 Å². The van der Waals surface area contributed by atoms with Crippen LogP contribution in [0.4, 0.5) is 0 Å². The Morgan fingerprint density at radius 1 is 0.857 bits per heavy atom. The molecular formula is C14H25. The predicted octanol–water partition coefficient (Wildman–Crippen LogP) is 5.07. The van der Waals surface area contributed by atoms with Gasteiger partial charge in [-0.05, 0) is 19.3 Å². The van der Waals surface area contributed by atoms with Crippen LogP contribution < -0.4 is 0 Å². The average molecular weight is 193 g/mol. The van der Waals surface area contributed by atoms with Gasteiger partial charge in [0.15, 0.2) is 0 Å². The first-order valence-corrected chi connectivity index (χ1v) is 6.02. The van der Waals surface area contributed by atoms with Gasteiger partial charge >= 0.3 is 0 Å². The number of rotatable bonds is 9. The van der Waals surface area contributed by atoms with Crippen molar-refractivity contribution in [1.82, 2.24) is 0 Å². The molecule has 14 heavy (non-hydrogen) atoms. The molecule has 81 valence electrons. The lowest BCUT2D eigenvalue weighted by Gasteiger charge is -1.92. The molecule has 0 rings (SSSR count). The third-order valence-electron chi connectivity index (χ3n) is 2.23. The van der Waals surface area contributed by atoms with Crippen LogP contribution >= 0.6 is 0 Å². The van der Waals surface area contributed by atoms with Crippen LogP contribution in [-0.2, 0) is 0 Å². The molecule has 0 aromatic heterocycles. The van der Waals surface area contributed by atoms with Gasteiger partial charge in [0.05, 0.1) is 0 Å². The van der Waals surface area contributed by atoms with Gasteiger partial charge in [-0.1, -0.05) is 70.3 Å². The van der Waals surface area contributed by atoms with Crippen LogP contribution in [0.3, 0.4) is 0 Å². The van der Waals surface area contributed by atoms with E-state index in [9.17, 15) is 0 Å². The Balaban J connectivity index is 3.14. The van der Waals surface area contributed by atoms with E-state index < -0.39 is 0 Å². The zero-order valence-corrected chi connectivity index (χ0v) is 9.67. The van der Waals surface area contributed by atoms with Gasteiger partial charge in [0.2, 0.25) is 0 Å². The van der Waals surface area contributed by atoms with E-state index in [1.54, 1.807) is 0 Å². The number of hydrogen-bond donors (Lipinski definition) is 0. The normalized spacial score (nSPS) is 11.9. The fraction of sp³-hybridized carbons (Fsp3) is 0.643. The van der Waals surface area contributed by atoms with E-state index >= 15 is 0 Å². The van der Waals surface area contributed by atoms with E-state index in [1.165, 1.54) is 44.9 Å². The van der Waals surface area contributed by atoms with Crippen molar-refractivity contribution in [3.63, 3.8) is 0 Å². The second-order valence-corrected chi connectivity index (χ2v) is 3.70. The zero-order chi connectivity index (χ0) is 10.5. The summed E-state index contributed by atoms with van der Waals surface area (Å²) < 4.78 is 0. The van der Waals surface area contributed by atoms with Crippen molar-refractivity contribution in [2.75, 3.05) is 0 Å². The van der Waals surface area contributed by atoms with Crippen molar-refractivity contribution in [3.8, 4) is 0 Å². The van der Waals surface area contributed by atoms with Crippen LogP contribution in [0.2, 0.25) is 0 Å². The molecule has 0 unspecified atom stereocenters. The maximum absolute atomic E-state index is 3.83. The molecule has 0 spiro atoms. The summed E-state index contributed by atoms with van der Waals surface area (Å²) in [5.41, 5.74) is 0. The Kier molecular flexibility index (Phi) is 12.0. The minimum atomic E-state index is 1.08. The van der Waals surface area contributed by atoms with E-state index in [0.717, 1.165) is 6.42 Å². The molecule has 0 heteroatoms. The van der Waals surface area contributed by atoms with Crippen molar-refractivity contribution in [2.24, 2.45) is 0 Å². The largest absolute Gasteiger partial charge is 0.0845 e. The fourth-order valence-electron chi connectivity index (χ4n) is 1.29. The van der Waals surface area contributed by atoms with Gasteiger partial charge < -0.3 is 0 Å². The molecule has 0 aliphatic carbocycles. The molecule has 0 heterocycles. The SMILES string of the molecule is [CH2]CCCCC/C=C/C=C/CCCC. The molecule has 0 aromatic carbocycles. The number of allylic oxidation sites excluding steroid dienone is 4. The molecule has 0 bridgehead atoms. The molecule has 0 amide bonds. The Morgan fingerprint density at radius 2 is 1.50 bits per heavy atom. The lowest BCUT2D eigenvalue weighted by molar-refractivity contribution is 0.695. The smallest absolute Gasteiger partial charge is 0.0348 e. The summed E-state index contributed by atoms with van der Waals surface area (Å²) in [6.07, 6.45) is 18.9. The van der Waals surface area contributed by atoms with Crippen molar-refractivity contribution >= 4 is 0 Å². The van der Waals surface area contributed by atoms with Crippen molar-refractivity contribution in [1.29, 1.82) is 0 Å². The van der Waals surface area contributed by atoms with Crippen molar-refractivity contribution in [3.05, 3.63) is 31.2 Å². The third-order valence-corrected chi connectivity index (χ3v) is 2.23. The topological polar surface area (TPSA) is 0 Å². The average Bonchev–Trinajstić information content (AvgIpc) is 2.21. The Morgan fingerprint density at radius 3 is 2.07 bits per heavy atom. The minimum absolute atomic E-state index is 1.08. The third kappa shape index (κ3) is 11.5. The summed E-state index contributed by atoms with van der Waals surface area (Å²) in [6.45, 7) is 6.06. The summed E-state index contributed by atoms with van der Waals surface area (Å²) in [7, 11) is 0. The molecule has 0 aromatic rings. The molecule has 0 aliphatic rings. The minimum Gasteiger partial charge on any atom is -0.0845 e. The maximum Gasteiger partial charge on any atom is -0.0348 e. The number of hydrogen-bond acceptors (Lipinski definition) is 0. The maximum atomic E-state index is 3.83. The molecule has 1 radical (unpaired) electrons. The highest BCUT2D eigenvalue weighted by atomic mass is 13.9. The molecule has 0 N–H and O–H groups in total. The molecule has 0 fully saturated rings. The second kappa shape index (κ2) is 12.5. The second-order valence-electron chi connectivity index (χ2n) is 3.70. The fourth-order valence-corrected chi connectivity index (χ4v) is 1.29. The number of unbranched alkanes of at least 4 members (excludes halogenated alkanes) is 6. The van der Waals surface area contributed by atoms with Crippen LogP contribution in [0.25, 0.3) is 0 Å². The van der Waals surface area contributed by atoms with Gasteiger partial charge in [-0.15, -0.1) is 0 Å². The predicted molar refractivity (Wildman–Crippen MR) is 66.2 cm³/mol. The standard InChI is InChI=1S/C14H25/c1-3-5-7-9-11-13-14-12-10-8-6-4-2/h10,12-14H,1,3-9,11H2,2H3/b12-10+,14-13+. The first-order valence-electron chi connectivity index (χ1n) is 6.02. The summed E-state index contributed by atoms with van der Waals surface area (Å²) in [5.74, 6) is 0. The molecule has 0 nitrogen and oxygen atoms in total. The van der Waals surface area contributed by atoms with Crippen LogP contribution in [0.1, 0.15) is 58.3 Å². The summed E-state index contributed by atoms with van der Waals surface area (Å²) in [4.78, 5) is 0. The summed E-state index contributed by atoms with van der Waals surface area (Å²) in [6, 6.07) is 0. The lowest BCUT2D eigenvalue weighted by atomic mass is 10.1. The van der Waals surface area contributed by atoms with Crippen molar-refractivity contribution < 1.29 is 0 Å². The first-order chi connectivity index (χ1) is 6.91. The van der Waals surface area contributed by atoms with Gasteiger partial charge in [0.1, 0.15) is 0 Å². The van der Waals surface area contributed by atoms with Gasteiger partial charge in [0.25, 0.3) is 0 Å². The van der Waals surface area contributed by atoms with Gasteiger partial charge in [-0.2, -0.15) is 0 Å². The summed E-state index contributed by atoms with van der Waals surface area (Å²) >= 11 is 0. The summed E-state index contributed by atoms with van der Waals surface area (Å²) in [5, 5.41) is 0. The lowest BCUT2D eigenvalue weighted by Crippen LogP contribution is -1.73. The van der Waals surface area contributed by atoms with Crippen LogP contribution in [0.5, 0.6) is 0 Å². The van der Waals surface area contributed by atoms with Gasteiger partial charge in [-0.25, -0.2) is 0 Å². The molecule has 0 saturated heterocycles. The highest BCUT2D eigenvalue weighted by Gasteiger charge is 1.83. The monoisotopic (exact) mass is 193 g/mol. The Hall–Kier alpha value is -0.520. The molecule has 0 saturated carbocycles. The van der Waals surface area contributed by atoms with Crippen LogP contribution in [-0.4, -0.2) is 0 Å². The van der Waals surface area contributed by atoms with Crippen LogP contribution in [0.15, 0.2) is 24.3 Å². The molecule has 0 aliphatic heterocycles. The van der Waals surface area contributed by atoms with Crippen molar-refractivity contribution in [2.45, 2.75) is 58.3 Å². The van der Waals surface area contributed by atoms with E-state index in [2.05, 4.69) is 38.2 Å².